The van der Waals surface area contributed by atoms with E-state index in [4.69, 9.17) is 15.6 Å². The lowest BCUT2D eigenvalue weighted by atomic mass is 10.0. The number of carboxylic acids is 1. The van der Waals surface area contributed by atoms with Crippen molar-refractivity contribution in [3.05, 3.63) is 64.9 Å². The standard InChI is InChI=1S/C23H26N4O2.C2HF3O2/c1-15(21-19-10-7-17(22(24)28)13-20(19)26-23(21)29)25-18-8-5-16(6-9-18)14-27-11-3-2-4-12-27;3-2(4,5)1(6)7/h5-10,13,25H,2-4,11-12,14H2,1H3,(H2,24,28)(H,26,29);(H,6,7)/b21-15-;. The van der Waals surface area contributed by atoms with Crippen LogP contribution in [0.15, 0.2) is 48.2 Å². The van der Waals surface area contributed by atoms with E-state index in [0.29, 0.717) is 16.8 Å². The second kappa shape index (κ2) is 11.3. The monoisotopic (exact) mass is 504 g/mol. The van der Waals surface area contributed by atoms with Gasteiger partial charge in [0.05, 0.1) is 5.57 Å². The van der Waals surface area contributed by atoms with Crippen LogP contribution in [0, 0.1) is 0 Å². The maximum atomic E-state index is 12.5. The molecule has 0 spiro atoms. The van der Waals surface area contributed by atoms with E-state index in [1.165, 1.54) is 37.9 Å². The van der Waals surface area contributed by atoms with Crippen LogP contribution in [-0.4, -0.2) is 47.1 Å². The molecule has 1 saturated heterocycles. The number of piperidine rings is 1. The quantitative estimate of drug-likeness (QED) is 0.453. The Balaban J connectivity index is 0.000000454. The lowest BCUT2D eigenvalue weighted by Crippen LogP contribution is -2.29. The molecule has 4 rings (SSSR count). The van der Waals surface area contributed by atoms with E-state index in [0.717, 1.165) is 23.5 Å². The number of benzene rings is 2. The molecule has 0 unspecified atom stereocenters. The minimum absolute atomic E-state index is 0.187. The number of fused-ring (bicyclic) bond motifs is 1. The van der Waals surface area contributed by atoms with Crippen molar-refractivity contribution in [1.82, 2.24) is 4.90 Å². The fourth-order valence-electron chi connectivity index (χ4n) is 4.05. The van der Waals surface area contributed by atoms with Crippen LogP contribution in [0.5, 0.6) is 0 Å². The number of carbonyl (C=O) groups is 3. The van der Waals surface area contributed by atoms with Gasteiger partial charge >= 0.3 is 12.1 Å². The smallest absolute Gasteiger partial charge is 0.475 e. The summed E-state index contributed by atoms with van der Waals surface area (Å²) in [4.78, 5) is 35.3. The molecule has 2 aromatic rings. The molecule has 192 valence electrons. The zero-order valence-electron chi connectivity index (χ0n) is 19.6. The zero-order chi connectivity index (χ0) is 26.5. The van der Waals surface area contributed by atoms with Crippen molar-refractivity contribution in [2.24, 2.45) is 5.73 Å². The summed E-state index contributed by atoms with van der Waals surface area (Å²) in [5.74, 6) is -3.46. The first-order valence-corrected chi connectivity index (χ1v) is 11.3. The van der Waals surface area contributed by atoms with Crippen LogP contribution in [0.3, 0.4) is 0 Å². The Labute approximate surface area is 206 Å². The number of carboxylic acid groups (broad SMARTS) is 1. The number of likely N-dealkylation sites (tertiary alicyclic amines) is 1. The number of alkyl halides is 3. The third-order valence-corrected chi connectivity index (χ3v) is 5.81. The molecule has 0 saturated carbocycles. The molecule has 2 aliphatic heterocycles. The third-order valence-electron chi connectivity index (χ3n) is 5.81. The van der Waals surface area contributed by atoms with Gasteiger partial charge in [-0.1, -0.05) is 24.6 Å². The van der Waals surface area contributed by atoms with Gasteiger partial charge in [-0.05, 0) is 62.7 Å². The van der Waals surface area contributed by atoms with Crippen LogP contribution in [-0.2, 0) is 16.1 Å². The van der Waals surface area contributed by atoms with Gasteiger partial charge in [0.2, 0.25) is 5.91 Å². The van der Waals surface area contributed by atoms with E-state index in [-0.39, 0.29) is 5.91 Å². The maximum Gasteiger partial charge on any atom is 0.490 e. The highest BCUT2D eigenvalue weighted by molar-refractivity contribution is 6.32. The number of hydrogen-bond donors (Lipinski definition) is 4. The summed E-state index contributed by atoms with van der Waals surface area (Å²) in [5, 5.41) is 13.3. The molecule has 0 aromatic heterocycles. The molecule has 0 radical (unpaired) electrons. The minimum Gasteiger partial charge on any atom is -0.475 e. The Hall–Kier alpha value is -3.86. The summed E-state index contributed by atoms with van der Waals surface area (Å²) in [6, 6.07) is 13.4. The van der Waals surface area contributed by atoms with Gasteiger partial charge in [0, 0.05) is 34.7 Å². The first-order chi connectivity index (χ1) is 17.0. The van der Waals surface area contributed by atoms with E-state index in [2.05, 4.69) is 27.7 Å². The van der Waals surface area contributed by atoms with Crippen molar-refractivity contribution in [3.63, 3.8) is 0 Å². The summed E-state index contributed by atoms with van der Waals surface area (Å²) in [6.45, 7) is 5.22. The van der Waals surface area contributed by atoms with Gasteiger partial charge in [-0.25, -0.2) is 4.79 Å². The van der Waals surface area contributed by atoms with E-state index in [9.17, 15) is 22.8 Å². The van der Waals surface area contributed by atoms with Crippen molar-refractivity contribution < 1.29 is 32.7 Å². The predicted molar refractivity (Wildman–Crippen MR) is 129 cm³/mol. The van der Waals surface area contributed by atoms with Crippen LogP contribution in [0.1, 0.15) is 47.7 Å². The average molecular weight is 505 g/mol. The molecule has 0 aliphatic carbocycles. The average Bonchev–Trinajstić information content (AvgIpc) is 3.15. The highest BCUT2D eigenvalue weighted by Crippen LogP contribution is 2.34. The van der Waals surface area contributed by atoms with Crippen LogP contribution >= 0.6 is 0 Å². The number of nitrogens with two attached hydrogens (primary N) is 1. The molecule has 5 N–H and O–H groups in total. The zero-order valence-corrected chi connectivity index (χ0v) is 19.6. The Morgan fingerprint density at radius 1 is 1.08 bits per heavy atom. The van der Waals surface area contributed by atoms with Gasteiger partial charge in [0.1, 0.15) is 0 Å². The molecule has 36 heavy (non-hydrogen) atoms. The number of nitrogens with zero attached hydrogens (tertiary/aromatic N) is 1. The second-order valence-electron chi connectivity index (χ2n) is 8.54. The molecule has 1 fully saturated rings. The number of hydrogen-bond acceptors (Lipinski definition) is 5. The molecule has 0 atom stereocenters. The first kappa shape index (κ1) is 26.7. The van der Waals surface area contributed by atoms with Crippen molar-refractivity contribution in [2.75, 3.05) is 23.7 Å². The van der Waals surface area contributed by atoms with E-state index in [1.807, 2.05) is 19.1 Å². The largest absolute Gasteiger partial charge is 0.490 e. The number of nitrogens with one attached hydrogen (secondary N) is 2. The number of aliphatic carboxylic acids is 1. The number of halogens is 3. The number of primary amides is 1. The fourth-order valence-corrected chi connectivity index (χ4v) is 4.05. The lowest BCUT2D eigenvalue weighted by Gasteiger charge is -2.26. The topological polar surface area (TPSA) is 125 Å². The van der Waals surface area contributed by atoms with Gasteiger partial charge in [0.25, 0.3) is 5.91 Å². The van der Waals surface area contributed by atoms with Crippen LogP contribution in [0.4, 0.5) is 24.5 Å². The van der Waals surface area contributed by atoms with Gasteiger partial charge < -0.3 is 21.5 Å². The Morgan fingerprint density at radius 2 is 1.69 bits per heavy atom. The van der Waals surface area contributed by atoms with E-state index >= 15 is 0 Å². The Kier molecular flexibility index (Phi) is 8.36. The highest BCUT2D eigenvalue weighted by atomic mass is 19.4. The molecule has 2 heterocycles. The Morgan fingerprint density at radius 3 is 2.25 bits per heavy atom. The summed E-state index contributed by atoms with van der Waals surface area (Å²) >= 11 is 0. The number of carbonyl (C=O) groups excluding carboxylic acids is 2. The maximum absolute atomic E-state index is 12.5. The van der Waals surface area contributed by atoms with Crippen LogP contribution in [0.25, 0.3) is 5.57 Å². The van der Waals surface area contributed by atoms with E-state index < -0.39 is 18.1 Å². The first-order valence-electron chi connectivity index (χ1n) is 11.3. The molecule has 2 aliphatic rings. The number of allylic oxidation sites excluding steroid dienone is 1. The van der Waals surface area contributed by atoms with Crippen LogP contribution < -0.4 is 16.4 Å². The molecule has 0 bridgehead atoms. The number of amides is 2. The summed E-state index contributed by atoms with van der Waals surface area (Å²) < 4.78 is 31.7. The number of rotatable bonds is 5. The van der Waals surface area contributed by atoms with Gasteiger partial charge in [-0.3, -0.25) is 14.5 Å². The van der Waals surface area contributed by atoms with Crippen molar-refractivity contribution >= 4 is 34.7 Å². The van der Waals surface area contributed by atoms with Crippen LogP contribution in [0.2, 0.25) is 0 Å². The van der Waals surface area contributed by atoms with Crippen molar-refractivity contribution in [3.8, 4) is 0 Å². The molecular weight excluding hydrogens is 477 g/mol. The molecule has 2 amide bonds. The molecule has 8 nitrogen and oxygen atoms in total. The van der Waals surface area contributed by atoms with Gasteiger partial charge in [-0.15, -0.1) is 0 Å². The van der Waals surface area contributed by atoms with Crippen molar-refractivity contribution in [2.45, 2.75) is 38.9 Å². The Bertz CT molecular complexity index is 1170. The SMILES string of the molecule is C/C(Nc1ccc(CN2CCCCC2)cc1)=C1/C(=O)Nc2cc(C(N)=O)ccc21.O=C(O)C(F)(F)F. The minimum atomic E-state index is -5.08. The number of anilines is 2. The molecular formula is C25H27F3N4O4. The summed E-state index contributed by atoms with van der Waals surface area (Å²) in [7, 11) is 0. The van der Waals surface area contributed by atoms with Gasteiger partial charge in [-0.2, -0.15) is 13.2 Å². The summed E-state index contributed by atoms with van der Waals surface area (Å²) in [6.07, 6.45) is -1.17. The highest BCUT2D eigenvalue weighted by Gasteiger charge is 2.38. The normalized spacial score (nSPS) is 16.8. The predicted octanol–water partition coefficient (Wildman–Crippen LogP) is 4.20. The summed E-state index contributed by atoms with van der Waals surface area (Å²) in [5.41, 5.74) is 10.7. The molecule has 2 aromatic carbocycles. The second-order valence-corrected chi connectivity index (χ2v) is 8.54. The van der Waals surface area contributed by atoms with Crippen molar-refractivity contribution in [1.29, 1.82) is 0 Å². The molecule has 11 heteroatoms. The lowest BCUT2D eigenvalue weighted by molar-refractivity contribution is -0.192. The van der Waals surface area contributed by atoms with Gasteiger partial charge in [0.15, 0.2) is 0 Å². The van der Waals surface area contributed by atoms with E-state index in [1.54, 1.807) is 18.2 Å². The fraction of sp³-hybridized carbons (Fsp3) is 0.320. The third kappa shape index (κ3) is 6.85.